The summed E-state index contributed by atoms with van der Waals surface area (Å²) in [5.41, 5.74) is 6.02. The number of nitrogens with two attached hydrogens (primary N) is 1. The third-order valence-corrected chi connectivity index (χ3v) is 3.48. The van der Waals surface area contributed by atoms with Gasteiger partial charge in [0.05, 0.1) is 18.5 Å². The molecule has 106 valence electrons. The molecule has 19 heavy (non-hydrogen) atoms. The van der Waals surface area contributed by atoms with Gasteiger partial charge in [-0.05, 0) is 39.5 Å². The normalized spacial score (nSPS) is 21.5. The van der Waals surface area contributed by atoms with Crippen LogP contribution in [0.3, 0.4) is 0 Å². The fraction of sp³-hybridized carbons (Fsp3) is 0.714. The van der Waals surface area contributed by atoms with Gasteiger partial charge in [-0.2, -0.15) is 4.98 Å². The van der Waals surface area contributed by atoms with Crippen LogP contribution in [0.25, 0.3) is 0 Å². The maximum absolute atomic E-state index is 6.02. The summed E-state index contributed by atoms with van der Waals surface area (Å²) in [4.78, 5) is 11.0. The molecule has 1 aliphatic rings. The highest BCUT2D eigenvalue weighted by molar-refractivity contribution is 5.38. The second kappa shape index (κ2) is 6.19. The van der Waals surface area contributed by atoms with E-state index in [1.807, 2.05) is 13.8 Å². The van der Waals surface area contributed by atoms with E-state index >= 15 is 0 Å². The minimum Gasteiger partial charge on any atom is -0.474 e. The smallest absolute Gasteiger partial charge is 0.234 e. The van der Waals surface area contributed by atoms with Crippen molar-refractivity contribution in [2.24, 2.45) is 11.7 Å². The van der Waals surface area contributed by atoms with E-state index in [4.69, 9.17) is 10.5 Å². The van der Waals surface area contributed by atoms with E-state index in [0.29, 0.717) is 11.8 Å². The van der Waals surface area contributed by atoms with Crippen LogP contribution in [0.15, 0.2) is 12.4 Å². The molecule has 1 fully saturated rings. The van der Waals surface area contributed by atoms with Crippen molar-refractivity contribution in [2.45, 2.75) is 45.8 Å². The molecule has 2 unspecified atom stereocenters. The Labute approximate surface area is 115 Å². The first-order valence-corrected chi connectivity index (χ1v) is 7.05. The van der Waals surface area contributed by atoms with Crippen LogP contribution in [0.2, 0.25) is 0 Å². The molecule has 1 saturated heterocycles. The van der Waals surface area contributed by atoms with Crippen molar-refractivity contribution in [3.8, 4) is 5.88 Å². The molecule has 0 spiro atoms. The molecule has 5 nitrogen and oxygen atoms in total. The Bertz CT molecular complexity index is 408. The van der Waals surface area contributed by atoms with Crippen LogP contribution in [-0.2, 0) is 0 Å². The van der Waals surface area contributed by atoms with Crippen molar-refractivity contribution in [2.75, 3.05) is 18.0 Å². The zero-order valence-corrected chi connectivity index (χ0v) is 12.0. The molecule has 2 N–H and O–H groups in total. The summed E-state index contributed by atoms with van der Waals surface area (Å²) >= 11 is 0. The summed E-state index contributed by atoms with van der Waals surface area (Å²) in [7, 11) is 0. The van der Waals surface area contributed by atoms with Crippen molar-refractivity contribution < 1.29 is 4.74 Å². The molecule has 2 atom stereocenters. The Kier molecular flexibility index (Phi) is 4.58. The zero-order chi connectivity index (χ0) is 13.8. The highest BCUT2D eigenvalue weighted by atomic mass is 16.5. The van der Waals surface area contributed by atoms with Gasteiger partial charge >= 0.3 is 0 Å². The lowest BCUT2D eigenvalue weighted by Gasteiger charge is -2.35. The summed E-state index contributed by atoms with van der Waals surface area (Å²) in [6.07, 6.45) is 5.93. The van der Waals surface area contributed by atoms with Crippen molar-refractivity contribution in [3.63, 3.8) is 0 Å². The van der Waals surface area contributed by atoms with Gasteiger partial charge in [0.1, 0.15) is 0 Å². The lowest BCUT2D eigenvalue weighted by molar-refractivity contribution is 0.231. The maximum atomic E-state index is 6.02. The lowest BCUT2D eigenvalue weighted by Crippen LogP contribution is -2.42. The van der Waals surface area contributed by atoms with Crippen LogP contribution in [0.4, 0.5) is 5.82 Å². The molecule has 0 radical (unpaired) electrons. The van der Waals surface area contributed by atoms with E-state index in [0.717, 1.165) is 25.3 Å². The van der Waals surface area contributed by atoms with Gasteiger partial charge in [0.2, 0.25) is 5.88 Å². The first-order valence-electron chi connectivity index (χ1n) is 7.05. The van der Waals surface area contributed by atoms with Gasteiger partial charge in [0.25, 0.3) is 0 Å². The highest BCUT2D eigenvalue weighted by Gasteiger charge is 2.23. The third kappa shape index (κ3) is 3.80. The van der Waals surface area contributed by atoms with Crippen LogP contribution in [0.1, 0.15) is 33.6 Å². The minimum atomic E-state index is 0.114. The number of ether oxygens (including phenoxy) is 1. The molecule has 0 aliphatic carbocycles. The first-order chi connectivity index (χ1) is 9.06. The van der Waals surface area contributed by atoms with Gasteiger partial charge in [-0.15, -0.1) is 0 Å². The number of rotatable bonds is 4. The summed E-state index contributed by atoms with van der Waals surface area (Å²) in [6.45, 7) is 8.03. The number of anilines is 1. The molecule has 1 aromatic heterocycles. The third-order valence-electron chi connectivity index (χ3n) is 3.48. The van der Waals surface area contributed by atoms with Crippen LogP contribution in [0, 0.1) is 5.92 Å². The lowest BCUT2D eigenvalue weighted by atomic mass is 9.92. The quantitative estimate of drug-likeness (QED) is 0.898. The second-order valence-corrected chi connectivity index (χ2v) is 5.59. The monoisotopic (exact) mass is 264 g/mol. The first kappa shape index (κ1) is 14.1. The number of hydrogen-bond acceptors (Lipinski definition) is 5. The van der Waals surface area contributed by atoms with Crippen molar-refractivity contribution in [3.05, 3.63) is 12.4 Å². The van der Waals surface area contributed by atoms with E-state index in [1.165, 1.54) is 6.42 Å². The van der Waals surface area contributed by atoms with Crippen LogP contribution >= 0.6 is 0 Å². The number of aromatic nitrogens is 2. The van der Waals surface area contributed by atoms with E-state index in [9.17, 15) is 0 Å². The predicted octanol–water partition coefficient (Wildman–Crippen LogP) is 1.83. The Morgan fingerprint density at radius 1 is 1.37 bits per heavy atom. The Balaban J connectivity index is 2.08. The second-order valence-electron chi connectivity index (χ2n) is 5.59. The average molecular weight is 264 g/mol. The summed E-state index contributed by atoms with van der Waals surface area (Å²) < 4.78 is 5.59. The van der Waals surface area contributed by atoms with Gasteiger partial charge in [-0.25, -0.2) is 0 Å². The van der Waals surface area contributed by atoms with Gasteiger partial charge in [-0.1, -0.05) is 0 Å². The molecular weight excluding hydrogens is 240 g/mol. The molecule has 1 aliphatic heterocycles. The largest absolute Gasteiger partial charge is 0.474 e. The summed E-state index contributed by atoms with van der Waals surface area (Å²) in [5, 5.41) is 0. The fourth-order valence-electron chi connectivity index (χ4n) is 2.44. The Morgan fingerprint density at radius 2 is 2.16 bits per heavy atom. The molecular formula is C14H24N4O. The molecule has 0 aromatic carbocycles. The predicted molar refractivity (Wildman–Crippen MR) is 76.4 cm³/mol. The van der Waals surface area contributed by atoms with E-state index in [1.54, 1.807) is 12.4 Å². The maximum Gasteiger partial charge on any atom is 0.234 e. The summed E-state index contributed by atoms with van der Waals surface area (Å²) in [5.74, 6) is 2.02. The zero-order valence-electron chi connectivity index (χ0n) is 12.0. The topological polar surface area (TPSA) is 64.3 Å². The van der Waals surface area contributed by atoms with E-state index in [-0.39, 0.29) is 12.1 Å². The van der Waals surface area contributed by atoms with E-state index < -0.39 is 0 Å². The van der Waals surface area contributed by atoms with Gasteiger partial charge < -0.3 is 15.4 Å². The standard InChI is InChI=1S/C14H24N4O/c1-10(2)19-14-8-16-7-13(17-14)18-6-4-5-12(9-18)11(3)15/h7-8,10-12H,4-6,9,15H2,1-3H3. The van der Waals surface area contributed by atoms with Gasteiger partial charge in [-0.3, -0.25) is 4.98 Å². The molecule has 2 heterocycles. The highest BCUT2D eigenvalue weighted by Crippen LogP contribution is 2.24. The van der Waals surface area contributed by atoms with Crippen LogP contribution in [0.5, 0.6) is 5.88 Å². The van der Waals surface area contributed by atoms with E-state index in [2.05, 4.69) is 21.8 Å². The van der Waals surface area contributed by atoms with Crippen LogP contribution in [-0.4, -0.2) is 35.2 Å². The number of piperidine rings is 1. The van der Waals surface area contributed by atoms with Crippen LogP contribution < -0.4 is 15.4 Å². The minimum absolute atomic E-state index is 0.114. The SMILES string of the molecule is CC(C)Oc1cncc(N2CCCC(C(C)N)C2)n1. The molecule has 1 aromatic rings. The molecule has 0 amide bonds. The van der Waals surface area contributed by atoms with Gasteiger partial charge in [0, 0.05) is 19.1 Å². The van der Waals surface area contributed by atoms with Crippen molar-refractivity contribution in [1.82, 2.24) is 9.97 Å². The summed E-state index contributed by atoms with van der Waals surface area (Å²) in [6, 6.07) is 0.228. The number of nitrogens with zero attached hydrogens (tertiary/aromatic N) is 3. The fourth-order valence-corrected chi connectivity index (χ4v) is 2.44. The Hall–Kier alpha value is -1.36. The Morgan fingerprint density at radius 3 is 2.84 bits per heavy atom. The van der Waals surface area contributed by atoms with Crippen molar-refractivity contribution >= 4 is 5.82 Å². The molecule has 0 bridgehead atoms. The average Bonchev–Trinajstić information content (AvgIpc) is 2.38. The van der Waals surface area contributed by atoms with Gasteiger partial charge in [0.15, 0.2) is 5.82 Å². The molecule has 0 saturated carbocycles. The molecule has 2 rings (SSSR count). The van der Waals surface area contributed by atoms with Crippen molar-refractivity contribution in [1.29, 1.82) is 0 Å². The number of hydrogen-bond donors (Lipinski definition) is 1. The molecule has 5 heteroatoms.